The molecule has 0 aliphatic heterocycles. The Morgan fingerprint density at radius 1 is 1.25 bits per heavy atom. The summed E-state index contributed by atoms with van der Waals surface area (Å²) in [6.07, 6.45) is 9.44. The minimum Gasteiger partial charge on any atom is -0.342 e. The van der Waals surface area contributed by atoms with Crippen molar-refractivity contribution in [1.29, 1.82) is 0 Å². The molecule has 0 aromatic heterocycles. The Labute approximate surface area is 78.6 Å². The minimum absolute atomic E-state index is 0.625. The maximum absolute atomic E-state index is 9.06. The molecule has 12 heavy (non-hydrogen) atoms. The van der Waals surface area contributed by atoms with Gasteiger partial charge in [0, 0.05) is 0 Å². The van der Waals surface area contributed by atoms with Crippen molar-refractivity contribution in [3.8, 4) is 0 Å². The SMILES string of the molecule is O=[C]=[Ru]=[C]=O.[CH2-]CC1C=CC=C1. The van der Waals surface area contributed by atoms with E-state index >= 15 is 0 Å². The van der Waals surface area contributed by atoms with Crippen LogP contribution in [0.5, 0.6) is 0 Å². The summed E-state index contributed by atoms with van der Waals surface area (Å²) in [4.78, 5) is 18.1. The third kappa shape index (κ3) is 6.00. The van der Waals surface area contributed by atoms with Crippen LogP contribution in [0.3, 0.4) is 0 Å². The predicted molar refractivity (Wildman–Crippen MR) is 43.1 cm³/mol. The van der Waals surface area contributed by atoms with Gasteiger partial charge >= 0.3 is 34.8 Å². The second-order valence-electron chi connectivity index (χ2n) is 1.96. The Morgan fingerprint density at radius 2 is 1.75 bits per heavy atom. The summed E-state index contributed by atoms with van der Waals surface area (Å²) in [7, 11) is 0. The second-order valence-corrected chi connectivity index (χ2v) is 3.10. The molecule has 1 aliphatic rings. The van der Waals surface area contributed by atoms with Crippen LogP contribution >= 0.6 is 0 Å². The molecule has 66 valence electrons. The van der Waals surface area contributed by atoms with Crippen molar-refractivity contribution in [2.75, 3.05) is 0 Å². The Bertz CT molecular complexity index is 251. The van der Waals surface area contributed by atoms with E-state index < -0.39 is 16.2 Å². The summed E-state index contributed by atoms with van der Waals surface area (Å²) in [6.45, 7) is 3.77. The number of hydrogen-bond donors (Lipinski definition) is 0. The zero-order chi connectivity index (χ0) is 9.23. The summed E-state index contributed by atoms with van der Waals surface area (Å²) in [6, 6.07) is 0. The van der Waals surface area contributed by atoms with E-state index in [9.17, 15) is 0 Å². The fourth-order valence-corrected chi connectivity index (χ4v) is 0.757. The monoisotopic (exact) mass is 251 g/mol. The molecule has 0 saturated heterocycles. The van der Waals surface area contributed by atoms with Gasteiger partial charge in [0.15, 0.2) is 0 Å². The molecule has 0 fully saturated rings. The average molecular weight is 250 g/mol. The van der Waals surface area contributed by atoms with Crippen LogP contribution in [0.15, 0.2) is 24.3 Å². The van der Waals surface area contributed by atoms with Gasteiger partial charge in [-0.1, -0.05) is 24.3 Å². The standard InChI is InChI=1S/C7H9.2CO.Ru/c1-2-7-5-3-4-6-7;2*1-2;/h3-7H,1-2H2;;;/q-1;;;. The molecule has 0 aromatic rings. The van der Waals surface area contributed by atoms with Gasteiger partial charge in [-0.3, -0.25) is 0 Å². The third-order valence-corrected chi connectivity index (χ3v) is 1.59. The van der Waals surface area contributed by atoms with Gasteiger partial charge in [0.25, 0.3) is 0 Å². The number of allylic oxidation sites excluding steroid dienone is 4. The van der Waals surface area contributed by atoms with Crippen molar-refractivity contribution in [3.05, 3.63) is 31.2 Å². The summed E-state index contributed by atoms with van der Waals surface area (Å²) < 4.78 is 2.87. The first kappa shape index (κ1) is 11.3. The zero-order valence-electron chi connectivity index (χ0n) is 6.47. The van der Waals surface area contributed by atoms with Gasteiger partial charge < -0.3 is 6.92 Å². The van der Waals surface area contributed by atoms with Crippen LogP contribution in [0, 0.1) is 12.8 Å². The van der Waals surface area contributed by atoms with Crippen molar-refractivity contribution >= 4 is 8.95 Å². The molecule has 2 nitrogen and oxygen atoms in total. The van der Waals surface area contributed by atoms with E-state index in [1.54, 1.807) is 0 Å². The molecule has 0 N–H and O–H groups in total. The molecule has 3 heteroatoms. The van der Waals surface area contributed by atoms with Gasteiger partial charge in [-0.2, -0.15) is 6.42 Å². The van der Waals surface area contributed by atoms with Gasteiger partial charge in [0.1, 0.15) is 0 Å². The van der Waals surface area contributed by atoms with E-state index in [2.05, 4.69) is 31.2 Å². The average Bonchev–Trinajstić information content (AvgIpc) is 2.58. The smallest absolute Gasteiger partial charge is 0.0319 e. The van der Waals surface area contributed by atoms with Gasteiger partial charge in [-0.25, -0.2) is 0 Å². The Morgan fingerprint density at radius 3 is 1.92 bits per heavy atom. The van der Waals surface area contributed by atoms with Crippen molar-refractivity contribution in [1.82, 2.24) is 0 Å². The quantitative estimate of drug-likeness (QED) is 0.517. The summed E-state index contributed by atoms with van der Waals surface area (Å²) in [5.74, 6) is 0.625. The van der Waals surface area contributed by atoms with Crippen LogP contribution in [0.25, 0.3) is 0 Å². The molecule has 0 radical (unpaired) electrons. The normalized spacial score (nSPS) is 13.1. The Hall–Kier alpha value is -0.737. The minimum atomic E-state index is -0.842. The first-order chi connectivity index (χ1) is 5.85. The van der Waals surface area contributed by atoms with E-state index in [4.69, 9.17) is 9.59 Å². The van der Waals surface area contributed by atoms with Crippen LogP contribution in [-0.2, 0) is 25.8 Å². The summed E-state index contributed by atoms with van der Waals surface area (Å²) in [5.41, 5.74) is 0. The number of rotatable bonds is 1. The molecule has 1 rings (SSSR count). The van der Waals surface area contributed by atoms with Crippen molar-refractivity contribution in [2.45, 2.75) is 6.42 Å². The second kappa shape index (κ2) is 8.36. The van der Waals surface area contributed by atoms with Crippen LogP contribution in [-0.4, -0.2) is 8.95 Å². The maximum Gasteiger partial charge on any atom is -0.0319 e. The van der Waals surface area contributed by atoms with E-state index in [-0.39, 0.29) is 0 Å². The maximum atomic E-state index is 9.06. The number of carbonyl (C=O) groups excluding carboxylic acids is 2. The molecular weight excluding hydrogens is 241 g/mol. The molecule has 0 heterocycles. The van der Waals surface area contributed by atoms with E-state index in [1.165, 1.54) is 8.95 Å². The Balaban J connectivity index is 0.000000217. The molecule has 0 saturated carbocycles. The molecule has 1 aliphatic carbocycles. The van der Waals surface area contributed by atoms with Crippen LogP contribution < -0.4 is 0 Å². The molecule has 0 amide bonds. The first-order valence-electron chi connectivity index (χ1n) is 3.34. The summed E-state index contributed by atoms with van der Waals surface area (Å²) >= 11 is -0.842. The number of hydrogen-bond acceptors (Lipinski definition) is 2. The van der Waals surface area contributed by atoms with Crippen molar-refractivity contribution in [2.24, 2.45) is 5.92 Å². The first-order valence-corrected chi connectivity index (χ1v) is 5.07. The zero-order valence-corrected chi connectivity index (χ0v) is 8.21. The molecule has 0 unspecified atom stereocenters. The summed E-state index contributed by atoms with van der Waals surface area (Å²) in [5, 5.41) is 0. The predicted octanol–water partition coefficient (Wildman–Crippen LogP) is 1.16. The van der Waals surface area contributed by atoms with E-state index in [1.807, 2.05) is 0 Å². The van der Waals surface area contributed by atoms with Crippen molar-refractivity contribution in [3.63, 3.8) is 0 Å². The molecular formula is C9H9O2Ru-. The molecule has 0 spiro atoms. The Kier molecular flexibility index (Phi) is 7.85. The largest absolute Gasteiger partial charge is 0.342 e. The topological polar surface area (TPSA) is 34.1 Å². The van der Waals surface area contributed by atoms with E-state index in [0.717, 1.165) is 6.42 Å². The fourth-order valence-electron chi connectivity index (χ4n) is 0.685. The van der Waals surface area contributed by atoms with Crippen LogP contribution in [0.2, 0.25) is 0 Å². The molecule has 0 bridgehead atoms. The van der Waals surface area contributed by atoms with Gasteiger partial charge in [0.2, 0.25) is 0 Å². The van der Waals surface area contributed by atoms with Crippen LogP contribution in [0.1, 0.15) is 6.42 Å². The van der Waals surface area contributed by atoms with Crippen LogP contribution in [0.4, 0.5) is 0 Å². The molecule has 0 aromatic carbocycles. The third-order valence-electron chi connectivity index (χ3n) is 1.23. The van der Waals surface area contributed by atoms with E-state index in [0.29, 0.717) is 5.92 Å². The van der Waals surface area contributed by atoms with Gasteiger partial charge in [-0.15, -0.1) is 0 Å². The van der Waals surface area contributed by atoms with Gasteiger partial charge in [-0.05, 0) is 5.92 Å². The molecule has 0 atom stereocenters. The van der Waals surface area contributed by atoms with Crippen molar-refractivity contribution < 1.29 is 25.8 Å². The van der Waals surface area contributed by atoms with Gasteiger partial charge in [0.05, 0.1) is 0 Å². The fraction of sp³-hybridized carbons (Fsp3) is 0.222.